The molecule has 7 nitrogen and oxygen atoms in total. The van der Waals surface area contributed by atoms with Crippen molar-refractivity contribution in [1.29, 1.82) is 0 Å². The summed E-state index contributed by atoms with van der Waals surface area (Å²) in [5, 5.41) is 6.36. The molecule has 27 heavy (non-hydrogen) atoms. The summed E-state index contributed by atoms with van der Waals surface area (Å²) in [5.74, 6) is 0.0435. The molecule has 0 aliphatic carbocycles. The van der Waals surface area contributed by atoms with E-state index in [1.807, 2.05) is 0 Å². The van der Waals surface area contributed by atoms with Crippen LogP contribution in [0.1, 0.15) is 11.3 Å². The number of carbonyl (C=O) groups excluding carboxylic acids is 1. The van der Waals surface area contributed by atoms with Gasteiger partial charge < -0.3 is 4.74 Å². The van der Waals surface area contributed by atoms with Crippen LogP contribution < -0.4 is 10.1 Å². The molecule has 1 amide bonds. The Balaban J connectivity index is 1.76. The van der Waals surface area contributed by atoms with Gasteiger partial charge in [-0.05, 0) is 25.1 Å². The number of nitrogens with one attached hydrogen (secondary N) is 1. The number of aryl methyl sites for hydroxylation is 1. The van der Waals surface area contributed by atoms with Gasteiger partial charge in [-0.3, -0.25) is 10.3 Å². The molecule has 3 rings (SSSR count). The number of nitrogens with zero attached hydrogens (tertiary/aromatic N) is 4. The Morgan fingerprint density at radius 1 is 1.26 bits per heavy atom. The second-order valence-corrected chi connectivity index (χ2v) is 6.26. The van der Waals surface area contributed by atoms with Gasteiger partial charge in [0.25, 0.3) is 0 Å². The highest BCUT2D eigenvalue weighted by Crippen LogP contribution is 2.35. The number of rotatable bonds is 3. The zero-order valence-corrected chi connectivity index (χ0v) is 15.0. The molecule has 2 heterocycles. The normalized spacial score (nSPS) is 11.3. The molecule has 0 fully saturated rings. The van der Waals surface area contributed by atoms with Gasteiger partial charge in [0.15, 0.2) is 5.82 Å². The third kappa shape index (κ3) is 4.49. The SMILES string of the molecule is Cc1nnsc1OC(=O)Nc1cnc(-c2cc(C(F)(F)F)ccc2Cl)cn1. The fourth-order valence-corrected chi connectivity index (χ4v) is 2.70. The summed E-state index contributed by atoms with van der Waals surface area (Å²) in [6, 6.07) is 2.89. The Kier molecular flexibility index (Phi) is 5.24. The van der Waals surface area contributed by atoms with Gasteiger partial charge in [0.05, 0.1) is 28.7 Å². The van der Waals surface area contributed by atoms with E-state index in [1.165, 1.54) is 12.4 Å². The maximum atomic E-state index is 12.9. The van der Waals surface area contributed by atoms with Crippen molar-refractivity contribution in [3.8, 4) is 16.3 Å². The van der Waals surface area contributed by atoms with Gasteiger partial charge in [0, 0.05) is 17.1 Å². The number of benzene rings is 1. The second kappa shape index (κ2) is 7.45. The zero-order valence-electron chi connectivity index (χ0n) is 13.4. The summed E-state index contributed by atoms with van der Waals surface area (Å²) < 4.78 is 47.2. The van der Waals surface area contributed by atoms with Crippen LogP contribution in [0.5, 0.6) is 5.06 Å². The summed E-state index contributed by atoms with van der Waals surface area (Å²) >= 11 is 6.87. The van der Waals surface area contributed by atoms with E-state index in [9.17, 15) is 18.0 Å². The van der Waals surface area contributed by atoms with Crippen molar-refractivity contribution in [3.05, 3.63) is 46.9 Å². The molecule has 12 heteroatoms. The fourth-order valence-electron chi connectivity index (χ4n) is 1.96. The van der Waals surface area contributed by atoms with Crippen molar-refractivity contribution in [3.63, 3.8) is 0 Å². The van der Waals surface area contributed by atoms with E-state index >= 15 is 0 Å². The van der Waals surface area contributed by atoms with E-state index < -0.39 is 17.8 Å². The first-order valence-electron chi connectivity index (χ1n) is 7.21. The molecule has 3 aromatic rings. The quantitative estimate of drug-likeness (QED) is 0.673. The molecule has 1 N–H and O–H groups in total. The lowest BCUT2D eigenvalue weighted by molar-refractivity contribution is -0.137. The van der Waals surface area contributed by atoms with Gasteiger partial charge >= 0.3 is 12.3 Å². The first kappa shape index (κ1) is 19.0. The molecule has 0 saturated heterocycles. The molecule has 0 unspecified atom stereocenters. The maximum Gasteiger partial charge on any atom is 0.419 e. The van der Waals surface area contributed by atoms with E-state index in [4.69, 9.17) is 16.3 Å². The molecule has 0 aliphatic rings. The van der Waals surface area contributed by atoms with Gasteiger partial charge in [-0.2, -0.15) is 13.2 Å². The first-order chi connectivity index (χ1) is 12.7. The van der Waals surface area contributed by atoms with Crippen LogP contribution in [0.2, 0.25) is 5.02 Å². The lowest BCUT2D eigenvalue weighted by Gasteiger charge is -2.10. The van der Waals surface area contributed by atoms with Crippen molar-refractivity contribution >= 4 is 35.0 Å². The van der Waals surface area contributed by atoms with Gasteiger partial charge in [0.1, 0.15) is 5.69 Å². The molecule has 0 spiro atoms. The number of ether oxygens (including phenoxy) is 1. The highest BCUT2D eigenvalue weighted by atomic mass is 35.5. The van der Waals surface area contributed by atoms with Crippen LogP contribution in [0.25, 0.3) is 11.3 Å². The van der Waals surface area contributed by atoms with Crippen LogP contribution in [-0.2, 0) is 6.18 Å². The van der Waals surface area contributed by atoms with Gasteiger partial charge in [-0.1, -0.05) is 16.1 Å². The average molecular weight is 416 g/mol. The fraction of sp³-hybridized carbons (Fsp3) is 0.133. The van der Waals surface area contributed by atoms with Gasteiger partial charge in [-0.25, -0.2) is 9.78 Å². The molecule has 140 valence electrons. The number of aromatic nitrogens is 4. The van der Waals surface area contributed by atoms with E-state index in [-0.39, 0.29) is 27.2 Å². The smallest absolute Gasteiger partial charge is 0.395 e. The van der Waals surface area contributed by atoms with Crippen molar-refractivity contribution in [1.82, 2.24) is 19.6 Å². The molecule has 2 aromatic heterocycles. The van der Waals surface area contributed by atoms with Crippen molar-refractivity contribution in [2.75, 3.05) is 5.32 Å². The number of halogens is 4. The molecule has 1 aromatic carbocycles. The summed E-state index contributed by atoms with van der Waals surface area (Å²) in [4.78, 5) is 19.7. The predicted molar refractivity (Wildman–Crippen MR) is 91.8 cm³/mol. The number of hydrogen-bond donors (Lipinski definition) is 1. The van der Waals surface area contributed by atoms with Crippen molar-refractivity contribution in [2.45, 2.75) is 13.1 Å². The minimum atomic E-state index is -4.51. The largest absolute Gasteiger partial charge is 0.419 e. The van der Waals surface area contributed by atoms with Crippen LogP contribution in [0, 0.1) is 6.92 Å². The van der Waals surface area contributed by atoms with Crippen LogP contribution in [0.15, 0.2) is 30.6 Å². The lowest BCUT2D eigenvalue weighted by Crippen LogP contribution is -2.17. The summed E-state index contributed by atoms with van der Waals surface area (Å²) in [5.41, 5.74) is -0.217. The Labute approximate surface area is 159 Å². The number of alkyl halides is 3. The van der Waals surface area contributed by atoms with Crippen LogP contribution in [0.3, 0.4) is 0 Å². The van der Waals surface area contributed by atoms with E-state index in [0.717, 1.165) is 29.7 Å². The van der Waals surface area contributed by atoms with E-state index in [0.29, 0.717) is 5.69 Å². The second-order valence-electron chi connectivity index (χ2n) is 5.14. The third-order valence-corrected chi connectivity index (χ3v) is 4.28. The number of carbonyl (C=O) groups is 1. The molecule has 0 atom stereocenters. The topological polar surface area (TPSA) is 89.9 Å². The Morgan fingerprint density at radius 3 is 2.63 bits per heavy atom. The average Bonchev–Trinajstić information content (AvgIpc) is 3.00. The maximum absolute atomic E-state index is 12.9. The van der Waals surface area contributed by atoms with Crippen molar-refractivity contribution < 1.29 is 22.7 Å². The molecule has 0 bridgehead atoms. The standard InChI is InChI=1S/C15H9ClF3N5O2S/c1-7-13(27-24-23-7)26-14(25)22-12-6-20-11(5-21-12)9-4-8(15(17,18)19)2-3-10(9)16/h2-6H,1H3,(H,21,22,25). The Hall–Kier alpha value is -2.79. The lowest BCUT2D eigenvalue weighted by atomic mass is 10.1. The van der Waals surface area contributed by atoms with Gasteiger partial charge in [-0.15, -0.1) is 5.10 Å². The zero-order chi connectivity index (χ0) is 19.6. The predicted octanol–water partition coefficient (Wildman–Crippen LogP) is 4.59. The highest BCUT2D eigenvalue weighted by molar-refractivity contribution is 7.07. The summed E-state index contributed by atoms with van der Waals surface area (Å²) in [6.45, 7) is 1.62. The molecule has 0 aliphatic heterocycles. The van der Waals surface area contributed by atoms with E-state index in [1.54, 1.807) is 6.92 Å². The number of anilines is 1. The minimum absolute atomic E-state index is 0.0435. The molecule has 0 saturated carbocycles. The monoisotopic (exact) mass is 415 g/mol. The van der Waals surface area contributed by atoms with Crippen LogP contribution in [-0.4, -0.2) is 25.6 Å². The van der Waals surface area contributed by atoms with E-state index in [2.05, 4.69) is 24.9 Å². The first-order valence-corrected chi connectivity index (χ1v) is 8.36. The minimum Gasteiger partial charge on any atom is -0.395 e. The van der Waals surface area contributed by atoms with Crippen LogP contribution in [0.4, 0.5) is 23.8 Å². The number of hydrogen-bond acceptors (Lipinski definition) is 7. The Bertz CT molecular complexity index is 978. The number of amides is 1. The Morgan fingerprint density at radius 2 is 2.04 bits per heavy atom. The summed E-state index contributed by atoms with van der Waals surface area (Å²) in [6.07, 6.45) is -2.98. The molecule has 0 radical (unpaired) electrons. The molecular formula is C15H9ClF3N5O2S. The third-order valence-electron chi connectivity index (χ3n) is 3.25. The molecular weight excluding hydrogens is 407 g/mol. The highest BCUT2D eigenvalue weighted by Gasteiger charge is 2.31. The summed E-state index contributed by atoms with van der Waals surface area (Å²) in [7, 11) is 0. The van der Waals surface area contributed by atoms with Crippen molar-refractivity contribution in [2.24, 2.45) is 0 Å². The van der Waals surface area contributed by atoms with Gasteiger partial charge in [0.2, 0.25) is 5.06 Å². The van der Waals surface area contributed by atoms with Crippen LogP contribution >= 0.6 is 23.1 Å².